The maximum atomic E-state index is 13.9. The third kappa shape index (κ3) is 11.8. The molecule has 0 spiro atoms. The van der Waals surface area contributed by atoms with Gasteiger partial charge in [-0.05, 0) is 42.6 Å². The predicted molar refractivity (Wildman–Crippen MR) is 177 cm³/mol. The topological polar surface area (TPSA) is 100 Å². The van der Waals surface area contributed by atoms with Crippen molar-refractivity contribution in [2.45, 2.75) is 112 Å². The zero-order chi connectivity index (χ0) is 32.3. The SMILES string of the molecule is CCC(OCC(C)C)ONC(=O)CC(CC1CCCC1)C(=O)N[C@H](C(=O)N1CCN(Cc2ccc(C)cc2)CC1)C(C)(C)C.[HH].[HH]. The highest BCUT2D eigenvalue weighted by molar-refractivity contribution is 5.91. The van der Waals surface area contributed by atoms with Gasteiger partial charge in [-0.25, -0.2) is 10.3 Å². The fraction of sp³-hybridized carbons (Fsp3) is 0.743. The molecule has 44 heavy (non-hydrogen) atoms. The van der Waals surface area contributed by atoms with Crippen LogP contribution in [0.25, 0.3) is 0 Å². The highest BCUT2D eigenvalue weighted by atomic mass is 16.8. The number of hydroxylamine groups is 1. The van der Waals surface area contributed by atoms with E-state index in [1.165, 1.54) is 11.1 Å². The van der Waals surface area contributed by atoms with E-state index in [9.17, 15) is 14.4 Å². The molecule has 1 aliphatic carbocycles. The summed E-state index contributed by atoms with van der Waals surface area (Å²) in [7, 11) is 0. The first-order valence-electron chi connectivity index (χ1n) is 16.8. The molecule has 1 saturated carbocycles. The third-order valence-corrected chi connectivity index (χ3v) is 8.76. The first kappa shape index (κ1) is 36.0. The van der Waals surface area contributed by atoms with Crippen LogP contribution in [-0.2, 0) is 30.5 Å². The van der Waals surface area contributed by atoms with Crippen LogP contribution in [0.4, 0.5) is 0 Å². The van der Waals surface area contributed by atoms with E-state index in [0.717, 1.165) is 45.3 Å². The summed E-state index contributed by atoms with van der Waals surface area (Å²) in [5.41, 5.74) is 4.55. The summed E-state index contributed by atoms with van der Waals surface area (Å²) < 4.78 is 5.72. The van der Waals surface area contributed by atoms with E-state index in [0.29, 0.717) is 44.4 Å². The number of hydrogen-bond acceptors (Lipinski definition) is 6. The first-order chi connectivity index (χ1) is 20.8. The van der Waals surface area contributed by atoms with Crippen LogP contribution < -0.4 is 10.8 Å². The molecule has 3 rings (SSSR count). The van der Waals surface area contributed by atoms with Gasteiger partial charge in [-0.15, -0.1) is 0 Å². The number of benzene rings is 1. The molecule has 0 radical (unpaired) electrons. The molecule has 2 fully saturated rings. The molecule has 0 aromatic heterocycles. The van der Waals surface area contributed by atoms with Crippen molar-refractivity contribution in [1.82, 2.24) is 20.6 Å². The molecule has 9 nitrogen and oxygen atoms in total. The molecule has 1 aliphatic heterocycles. The molecule has 1 aromatic rings. The molecule has 1 aromatic carbocycles. The number of aryl methyl sites for hydroxylation is 1. The Kier molecular flexibility index (Phi) is 14.1. The van der Waals surface area contributed by atoms with Gasteiger partial charge >= 0.3 is 0 Å². The summed E-state index contributed by atoms with van der Waals surface area (Å²) in [6.45, 7) is 18.3. The highest BCUT2D eigenvalue weighted by Crippen LogP contribution is 2.32. The number of ether oxygens (including phenoxy) is 1. The van der Waals surface area contributed by atoms with Crippen LogP contribution in [-0.4, -0.2) is 72.6 Å². The molecular formula is C35H62N4O5. The zero-order valence-electron chi connectivity index (χ0n) is 28.3. The Morgan fingerprint density at radius 2 is 1.66 bits per heavy atom. The average Bonchev–Trinajstić information content (AvgIpc) is 3.49. The number of rotatable bonds is 15. The molecule has 252 valence electrons. The molecule has 3 amide bonds. The summed E-state index contributed by atoms with van der Waals surface area (Å²) in [6, 6.07) is 7.90. The smallest absolute Gasteiger partial charge is 0.245 e. The van der Waals surface area contributed by atoms with E-state index in [-0.39, 0.29) is 27.0 Å². The maximum Gasteiger partial charge on any atom is 0.245 e. The average molecular weight is 619 g/mol. The van der Waals surface area contributed by atoms with Gasteiger partial charge < -0.3 is 15.0 Å². The largest absolute Gasteiger partial charge is 0.350 e. The summed E-state index contributed by atoms with van der Waals surface area (Å²) in [4.78, 5) is 50.5. The monoisotopic (exact) mass is 618 g/mol. The van der Waals surface area contributed by atoms with E-state index in [4.69, 9.17) is 9.57 Å². The van der Waals surface area contributed by atoms with E-state index >= 15 is 0 Å². The van der Waals surface area contributed by atoms with E-state index < -0.39 is 23.7 Å². The quantitative estimate of drug-likeness (QED) is 0.193. The third-order valence-electron chi connectivity index (χ3n) is 8.76. The summed E-state index contributed by atoms with van der Waals surface area (Å²) >= 11 is 0. The van der Waals surface area contributed by atoms with Crippen molar-refractivity contribution in [1.29, 1.82) is 0 Å². The van der Waals surface area contributed by atoms with Gasteiger partial charge in [-0.1, -0.05) is 97.1 Å². The second kappa shape index (κ2) is 17.3. The number of carbonyl (C=O) groups excluding carboxylic acids is 3. The zero-order valence-corrected chi connectivity index (χ0v) is 28.3. The van der Waals surface area contributed by atoms with E-state index in [1.54, 1.807) is 0 Å². The van der Waals surface area contributed by atoms with Gasteiger partial charge in [0.2, 0.25) is 17.7 Å². The molecule has 1 heterocycles. The number of carbonyl (C=O) groups is 3. The molecule has 0 bridgehead atoms. The second-order valence-corrected chi connectivity index (χ2v) is 14.4. The summed E-state index contributed by atoms with van der Waals surface area (Å²) in [5, 5.41) is 3.11. The van der Waals surface area contributed by atoms with Crippen LogP contribution in [0.3, 0.4) is 0 Å². The molecule has 2 N–H and O–H groups in total. The molecule has 2 aliphatic rings. The fourth-order valence-corrected chi connectivity index (χ4v) is 6.03. The van der Waals surface area contributed by atoms with Crippen molar-refractivity contribution in [3.8, 4) is 0 Å². The lowest BCUT2D eigenvalue weighted by Gasteiger charge is -2.40. The van der Waals surface area contributed by atoms with Crippen LogP contribution in [0.1, 0.15) is 100 Å². The minimum Gasteiger partial charge on any atom is -0.350 e. The Labute approximate surface area is 268 Å². The van der Waals surface area contributed by atoms with E-state index in [1.807, 2.05) is 32.6 Å². The van der Waals surface area contributed by atoms with E-state index in [2.05, 4.69) is 60.7 Å². The molecule has 1 saturated heterocycles. The minimum absolute atomic E-state index is 0. The maximum absolute atomic E-state index is 13.9. The van der Waals surface area contributed by atoms with Crippen molar-refractivity contribution >= 4 is 17.7 Å². The van der Waals surface area contributed by atoms with Crippen molar-refractivity contribution in [2.75, 3.05) is 32.8 Å². The molecule has 2 unspecified atom stereocenters. The van der Waals surface area contributed by atoms with Gasteiger partial charge in [0.25, 0.3) is 0 Å². The van der Waals surface area contributed by atoms with Crippen molar-refractivity contribution < 1.29 is 26.8 Å². The number of amides is 3. The number of hydrogen-bond donors (Lipinski definition) is 2. The highest BCUT2D eigenvalue weighted by Gasteiger charge is 2.38. The van der Waals surface area contributed by atoms with Crippen LogP contribution in [0.5, 0.6) is 0 Å². The fourth-order valence-electron chi connectivity index (χ4n) is 6.03. The van der Waals surface area contributed by atoms with Crippen molar-refractivity contribution in [2.24, 2.45) is 23.2 Å². The lowest BCUT2D eigenvalue weighted by Crippen LogP contribution is -2.59. The van der Waals surface area contributed by atoms with Gasteiger partial charge in [0.05, 0.1) is 6.61 Å². The van der Waals surface area contributed by atoms with Crippen molar-refractivity contribution in [3.05, 3.63) is 35.4 Å². The van der Waals surface area contributed by atoms with Gasteiger partial charge in [0, 0.05) is 47.9 Å². The van der Waals surface area contributed by atoms with Crippen LogP contribution in [0.2, 0.25) is 0 Å². The summed E-state index contributed by atoms with van der Waals surface area (Å²) in [6.07, 6.45) is 5.12. The normalized spacial score (nSPS) is 18.7. The predicted octanol–water partition coefficient (Wildman–Crippen LogP) is 5.71. The lowest BCUT2D eigenvalue weighted by molar-refractivity contribution is -0.192. The van der Waals surface area contributed by atoms with Gasteiger partial charge in [0.15, 0.2) is 6.29 Å². The number of nitrogens with zero attached hydrogens (tertiary/aromatic N) is 2. The van der Waals surface area contributed by atoms with Crippen molar-refractivity contribution in [3.63, 3.8) is 0 Å². The minimum atomic E-state index is -0.682. The Bertz CT molecular complexity index is 1050. The number of nitrogens with one attached hydrogen (secondary N) is 2. The molecule has 9 heteroatoms. The van der Waals surface area contributed by atoms with Gasteiger partial charge in [-0.3, -0.25) is 19.3 Å². The number of piperazine rings is 1. The Morgan fingerprint density at radius 1 is 1.02 bits per heavy atom. The standard InChI is InChI=1S/C35H58N4O5.2H2/c1-8-31(43-24-25(2)3)44-37-30(40)22-29(21-27-11-9-10-12-27)33(41)36-32(35(5,6)7)34(42)39-19-17-38(18-20-39)23-28-15-13-26(4)14-16-28;;/h13-16,25,27,29,31-32H,8-12,17-24H2,1-7H3,(H,36,41)(H,37,40);2*1H/t29?,31?,32-;;/m1../s1. The lowest BCUT2D eigenvalue weighted by atomic mass is 9.84. The van der Waals surface area contributed by atoms with Gasteiger partial charge in [-0.2, -0.15) is 0 Å². The Balaban J connectivity index is 0.00000529. The molecule has 3 atom stereocenters. The van der Waals surface area contributed by atoms with Crippen LogP contribution in [0, 0.1) is 30.1 Å². The second-order valence-electron chi connectivity index (χ2n) is 14.4. The Hall–Kier alpha value is -2.49. The van der Waals surface area contributed by atoms with Crippen LogP contribution in [0.15, 0.2) is 24.3 Å². The van der Waals surface area contributed by atoms with Gasteiger partial charge in [0.1, 0.15) is 6.04 Å². The molecular weight excluding hydrogens is 556 g/mol. The Morgan fingerprint density at radius 3 is 2.23 bits per heavy atom. The summed E-state index contributed by atoms with van der Waals surface area (Å²) in [5.74, 6) is -0.422. The van der Waals surface area contributed by atoms with Crippen LogP contribution >= 0.6 is 0 Å². The first-order valence-corrected chi connectivity index (χ1v) is 16.8.